The molecule has 0 saturated heterocycles. The van der Waals surface area contributed by atoms with Crippen LogP contribution < -0.4 is 0 Å². The van der Waals surface area contributed by atoms with Gasteiger partial charge in [0, 0.05) is 12.6 Å². The Hall–Kier alpha value is -1.23. The van der Waals surface area contributed by atoms with Crippen molar-refractivity contribution >= 4 is 30.0 Å². The Bertz CT molecular complexity index is 590. The smallest absolute Gasteiger partial charge is 0.306 e. The van der Waals surface area contributed by atoms with Gasteiger partial charge in [-0.2, -0.15) is 0 Å². The van der Waals surface area contributed by atoms with E-state index in [2.05, 4.69) is 6.92 Å². The maximum Gasteiger partial charge on any atom is 0.306 e. The number of rotatable bonds is 11. The van der Waals surface area contributed by atoms with Crippen LogP contribution in [0.2, 0.25) is 0 Å². The molecule has 0 amide bonds. The fourth-order valence-electron chi connectivity index (χ4n) is 2.72. The maximum atomic E-state index is 11.3. The van der Waals surface area contributed by atoms with Crippen LogP contribution in [-0.2, 0) is 21.4 Å². The highest BCUT2D eigenvalue weighted by Crippen LogP contribution is 2.46. The average molecular weight is 372 g/mol. The minimum Gasteiger partial charge on any atom is -0.481 e. The van der Waals surface area contributed by atoms with E-state index < -0.39 is 24.1 Å². The number of carboxylic acids is 2. The zero-order chi connectivity index (χ0) is 18.2. The summed E-state index contributed by atoms with van der Waals surface area (Å²) in [5, 5.41) is 17.9. The Balaban J connectivity index is 2.64. The zero-order valence-electron chi connectivity index (χ0n) is 13.8. The van der Waals surface area contributed by atoms with Crippen LogP contribution in [0.15, 0.2) is 30.3 Å². The number of hydrogen-bond donors (Lipinski definition) is 3. The Morgan fingerprint density at radius 3 is 2.29 bits per heavy atom. The fourth-order valence-corrected chi connectivity index (χ4v) is 5.50. The monoisotopic (exact) mass is 372 g/mol. The topological polar surface area (TPSA) is 94.8 Å². The van der Waals surface area contributed by atoms with Gasteiger partial charge in [0.2, 0.25) is 0 Å². The molecule has 5 nitrogen and oxygen atoms in total. The van der Waals surface area contributed by atoms with Crippen LogP contribution in [0.4, 0.5) is 0 Å². The third kappa shape index (κ3) is 7.56. The molecule has 0 spiro atoms. The van der Waals surface area contributed by atoms with Gasteiger partial charge in [-0.25, -0.2) is 0 Å². The lowest BCUT2D eigenvalue weighted by Crippen LogP contribution is -2.20. The molecule has 0 aliphatic heterocycles. The van der Waals surface area contributed by atoms with Gasteiger partial charge >= 0.3 is 11.9 Å². The van der Waals surface area contributed by atoms with Gasteiger partial charge in [-0.1, -0.05) is 49.1 Å². The second-order valence-electron chi connectivity index (χ2n) is 6.02. The van der Waals surface area contributed by atoms with E-state index in [9.17, 15) is 19.6 Å². The summed E-state index contributed by atoms with van der Waals surface area (Å²) in [6.07, 6.45) is -0.988. The summed E-state index contributed by atoms with van der Waals surface area (Å²) in [6, 6.07) is 9.98. The summed E-state index contributed by atoms with van der Waals surface area (Å²) < 4.78 is 0. The number of carboxylic acid groups (broad SMARTS) is 2. The van der Waals surface area contributed by atoms with Gasteiger partial charge in [-0.15, -0.1) is 0 Å². The van der Waals surface area contributed by atoms with Crippen molar-refractivity contribution in [3.05, 3.63) is 35.9 Å². The van der Waals surface area contributed by atoms with E-state index in [-0.39, 0.29) is 24.9 Å². The summed E-state index contributed by atoms with van der Waals surface area (Å²) >= 11 is 5.29. The molecule has 1 aromatic rings. The van der Waals surface area contributed by atoms with Crippen molar-refractivity contribution in [2.75, 3.05) is 12.3 Å². The number of benzene rings is 1. The normalized spacial score (nSPS) is 16.1. The van der Waals surface area contributed by atoms with E-state index in [1.807, 2.05) is 30.3 Å². The molecule has 1 aromatic carbocycles. The van der Waals surface area contributed by atoms with Gasteiger partial charge in [0.25, 0.3) is 0 Å². The molecule has 0 bridgehead atoms. The first-order chi connectivity index (χ1) is 11.2. The molecule has 134 valence electrons. The first-order valence-corrected chi connectivity index (χ1v) is 11.2. The van der Waals surface area contributed by atoms with Crippen molar-refractivity contribution in [3.8, 4) is 0 Å². The molecule has 0 heterocycles. The van der Waals surface area contributed by atoms with Gasteiger partial charge in [0.1, 0.15) is 0 Å². The first-order valence-electron chi connectivity index (χ1n) is 8.05. The fraction of sp³-hybridized carbons (Fsp3) is 0.529. The summed E-state index contributed by atoms with van der Waals surface area (Å²) in [5.41, 5.74) is 1.19. The van der Waals surface area contributed by atoms with Gasteiger partial charge in [-0.05, 0) is 36.9 Å². The zero-order valence-corrected chi connectivity index (χ0v) is 15.5. The molecule has 1 rings (SSSR count). The van der Waals surface area contributed by atoms with E-state index >= 15 is 0 Å². The lowest BCUT2D eigenvalue weighted by molar-refractivity contribution is -0.142. The average Bonchev–Trinajstić information content (AvgIpc) is 2.52. The van der Waals surface area contributed by atoms with E-state index in [4.69, 9.17) is 16.9 Å². The summed E-state index contributed by atoms with van der Waals surface area (Å²) in [7, 11) is 0. The Kier molecular flexibility index (Phi) is 8.60. The van der Waals surface area contributed by atoms with Crippen LogP contribution in [0, 0.1) is 5.92 Å². The first kappa shape index (κ1) is 20.8. The van der Waals surface area contributed by atoms with Crippen LogP contribution in [0.5, 0.6) is 0 Å². The number of aliphatic carboxylic acids is 2. The predicted octanol–water partition coefficient (Wildman–Crippen LogP) is 3.52. The summed E-state index contributed by atoms with van der Waals surface area (Å²) in [6.45, 7) is 2.07. The SMILES string of the molecule is CCC(CCP(O)(=S)CC(CCC(=O)O)C(=O)O)c1ccccc1. The molecule has 0 fully saturated rings. The molecule has 24 heavy (non-hydrogen) atoms. The van der Waals surface area contributed by atoms with Crippen LogP contribution >= 0.6 is 6.26 Å². The number of carbonyl (C=O) groups is 2. The molecule has 3 atom stereocenters. The molecular formula is C17H25O5PS. The quantitative estimate of drug-likeness (QED) is 0.515. The highest BCUT2D eigenvalue weighted by Gasteiger charge is 2.27. The molecular weight excluding hydrogens is 347 g/mol. The molecule has 0 saturated carbocycles. The van der Waals surface area contributed by atoms with Crippen molar-refractivity contribution in [1.29, 1.82) is 0 Å². The summed E-state index contributed by atoms with van der Waals surface area (Å²) in [5.74, 6) is -2.74. The van der Waals surface area contributed by atoms with Gasteiger partial charge in [0.05, 0.1) is 12.2 Å². The van der Waals surface area contributed by atoms with Crippen molar-refractivity contribution in [2.45, 2.75) is 38.5 Å². The van der Waals surface area contributed by atoms with E-state index in [1.165, 1.54) is 5.56 Å². The summed E-state index contributed by atoms with van der Waals surface area (Å²) in [4.78, 5) is 32.4. The second-order valence-corrected chi connectivity index (χ2v) is 10.6. The largest absolute Gasteiger partial charge is 0.481 e. The van der Waals surface area contributed by atoms with Crippen LogP contribution in [0.25, 0.3) is 0 Å². The lowest BCUT2D eigenvalue weighted by atomic mass is 9.94. The van der Waals surface area contributed by atoms with Crippen LogP contribution in [0.1, 0.15) is 44.1 Å². The molecule has 0 aliphatic rings. The minimum absolute atomic E-state index is 0.000488. The standard InChI is InChI=1S/C17H25O5PS/c1-2-13(14-6-4-3-5-7-14)10-11-23(22,24)12-15(17(20)21)8-9-16(18)19/h3-7,13,15H,2,8-12H2,1H3,(H,18,19)(H,20,21)(H,22,24). The van der Waals surface area contributed by atoms with Gasteiger partial charge in [0.15, 0.2) is 0 Å². The Morgan fingerprint density at radius 1 is 1.17 bits per heavy atom. The molecule has 3 N–H and O–H groups in total. The predicted molar refractivity (Wildman–Crippen MR) is 98.3 cm³/mol. The van der Waals surface area contributed by atoms with E-state index in [1.54, 1.807) is 0 Å². The molecule has 3 unspecified atom stereocenters. The van der Waals surface area contributed by atoms with Crippen molar-refractivity contribution < 1.29 is 24.7 Å². The molecule has 0 aliphatic carbocycles. The molecule has 7 heteroatoms. The molecule has 0 aromatic heterocycles. The van der Waals surface area contributed by atoms with Crippen molar-refractivity contribution in [2.24, 2.45) is 5.92 Å². The highest BCUT2D eigenvalue weighted by molar-refractivity contribution is 8.11. The van der Waals surface area contributed by atoms with Crippen LogP contribution in [-0.4, -0.2) is 39.4 Å². The third-order valence-electron chi connectivity index (χ3n) is 4.15. The van der Waals surface area contributed by atoms with Gasteiger partial charge < -0.3 is 15.1 Å². The minimum atomic E-state index is -2.79. The van der Waals surface area contributed by atoms with Gasteiger partial charge in [-0.3, -0.25) is 9.59 Å². The van der Waals surface area contributed by atoms with E-state index in [0.717, 1.165) is 6.42 Å². The Morgan fingerprint density at radius 2 is 1.79 bits per heavy atom. The van der Waals surface area contributed by atoms with Crippen molar-refractivity contribution in [1.82, 2.24) is 0 Å². The van der Waals surface area contributed by atoms with Crippen LogP contribution in [0.3, 0.4) is 0 Å². The second kappa shape index (κ2) is 9.92. The van der Waals surface area contributed by atoms with E-state index in [0.29, 0.717) is 12.6 Å². The maximum absolute atomic E-state index is 11.3. The van der Waals surface area contributed by atoms with Crippen molar-refractivity contribution in [3.63, 3.8) is 0 Å². The lowest BCUT2D eigenvalue weighted by Gasteiger charge is -2.22. The molecule has 0 radical (unpaired) electrons. The third-order valence-corrected chi connectivity index (χ3v) is 7.12. The number of hydrogen-bond acceptors (Lipinski definition) is 3. The highest BCUT2D eigenvalue weighted by atomic mass is 32.4. The Labute approximate surface area is 147 Å².